The number of halogens is 1. The zero-order valence-electron chi connectivity index (χ0n) is 17.6. The van der Waals surface area contributed by atoms with Crippen LogP contribution in [0.5, 0.6) is 11.5 Å². The van der Waals surface area contributed by atoms with Gasteiger partial charge in [0.25, 0.3) is 5.91 Å². The van der Waals surface area contributed by atoms with Gasteiger partial charge in [-0.2, -0.15) is 5.10 Å². The molecule has 0 radical (unpaired) electrons. The van der Waals surface area contributed by atoms with Crippen molar-refractivity contribution in [2.75, 3.05) is 12.4 Å². The van der Waals surface area contributed by atoms with Gasteiger partial charge in [0.2, 0.25) is 5.91 Å². The highest BCUT2D eigenvalue weighted by molar-refractivity contribution is 9.10. The van der Waals surface area contributed by atoms with Crippen molar-refractivity contribution in [2.24, 2.45) is 5.10 Å². The molecular formula is C24H22BrN3O4. The number of nitrogens with zero attached hydrogens (tertiary/aromatic N) is 1. The van der Waals surface area contributed by atoms with Crippen LogP contribution < -0.4 is 20.2 Å². The Balaban J connectivity index is 1.64. The molecule has 0 atom stereocenters. The fraction of sp³-hybridized carbons (Fsp3) is 0.125. The van der Waals surface area contributed by atoms with Gasteiger partial charge in [-0.05, 0) is 57.9 Å². The second-order valence-electron chi connectivity index (χ2n) is 6.76. The van der Waals surface area contributed by atoms with Crippen LogP contribution in [0.15, 0.2) is 76.3 Å². The van der Waals surface area contributed by atoms with Crippen LogP contribution in [0.1, 0.15) is 28.4 Å². The first-order valence-corrected chi connectivity index (χ1v) is 10.5. The summed E-state index contributed by atoms with van der Waals surface area (Å²) in [4.78, 5) is 23.4. The van der Waals surface area contributed by atoms with E-state index in [-0.39, 0.29) is 11.8 Å². The molecule has 0 bridgehead atoms. The first kappa shape index (κ1) is 23.0. The Morgan fingerprint density at radius 3 is 2.41 bits per heavy atom. The summed E-state index contributed by atoms with van der Waals surface area (Å²) in [5.41, 5.74) is 5.26. The van der Waals surface area contributed by atoms with Gasteiger partial charge in [0.1, 0.15) is 6.61 Å². The summed E-state index contributed by atoms with van der Waals surface area (Å²) < 4.78 is 12.1. The minimum atomic E-state index is -0.374. The molecule has 164 valence electrons. The molecule has 3 aromatic carbocycles. The van der Waals surface area contributed by atoms with Crippen LogP contribution in [-0.2, 0) is 11.4 Å². The summed E-state index contributed by atoms with van der Waals surface area (Å²) in [6.45, 7) is 1.83. The van der Waals surface area contributed by atoms with Crippen LogP contribution in [0.3, 0.4) is 0 Å². The molecule has 8 heteroatoms. The van der Waals surface area contributed by atoms with Crippen molar-refractivity contribution < 1.29 is 19.1 Å². The second kappa shape index (κ2) is 11.1. The van der Waals surface area contributed by atoms with Gasteiger partial charge in [-0.15, -0.1) is 0 Å². The number of nitrogens with one attached hydrogen (secondary N) is 2. The van der Waals surface area contributed by atoms with Crippen molar-refractivity contribution >= 4 is 39.6 Å². The Morgan fingerprint density at radius 2 is 1.75 bits per heavy atom. The van der Waals surface area contributed by atoms with Crippen LogP contribution >= 0.6 is 15.9 Å². The van der Waals surface area contributed by atoms with E-state index in [1.54, 1.807) is 43.5 Å². The van der Waals surface area contributed by atoms with E-state index in [0.29, 0.717) is 34.9 Å². The van der Waals surface area contributed by atoms with Crippen molar-refractivity contribution in [1.82, 2.24) is 5.43 Å². The number of ether oxygens (including phenoxy) is 2. The average Bonchev–Trinajstić information content (AvgIpc) is 2.79. The Labute approximate surface area is 194 Å². The minimum Gasteiger partial charge on any atom is -0.493 e. The van der Waals surface area contributed by atoms with Gasteiger partial charge >= 0.3 is 0 Å². The molecule has 0 spiro atoms. The molecule has 3 aromatic rings. The van der Waals surface area contributed by atoms with Gasteiger partial charge < -0.3 is 14.8 Å². The Hall–Kier alpha value is -3.65. The summed E-state index contributed by atoms with van der Waals surface area (Å²) in [7, 11) is 1.56. The molecule has 32 heavy (non-hydrogen) atoms. The first-order chi connectivity index (χ1) is 15.5. The van der Waals surface area contributed by atoms with Crippen molar-refractivity contribution in [3.63, 3.8) is 0 Å². The lowest BCUT2D eigenvalue weighted by molar-refractivity contribution is -0.114. The highest BCUT2D eigenvalue weighted by Crippen LogP contribution is 2.33. The van der Waals surface area contributed by atoms with Gasteiger partial charge in [0.15, 0.2) is 11.5 Å². The van der Waals surface area contributed by atoms with Gasteiger partial charge in [-0.1, -0.05) is 30.3 Å². The number of hydrogen-bond donors (Lipinski definition) is 2. The van der Waals surface area contributed by atoms with Crippen LogP contribution in [-0.4, -0.2) is 25.1 Å². The van der Waals surface area contributed by atoms with E-state index in [2.05, 4.69) is 31.8 Å². The largest absolute Gasteiger partial charge is 0.493 e. The van der Waals surface area contributed by atoms with Crippen molar-refractivity contribution in [3.05, 3.63) is 87.9 Å². The topological polar surface area (TPSA) is 89.0 Å². The van der Waals surface area contributed by atoms with E-state index >= 15 is 0 Å². The van der Waals surface area contributed by atoms with Gasteiger partial charge in [0.05, 0.1) is 13.3 Å². The third-order valence-electron chi connectivity index (χ3n) is 4.36. The zero-order valence-corrected chi connectivity index (χ0v) is 19.2. The number of carbonyl (C=O) groups excluding carboxylic acids is 2. The van der Waals surface area contributed by atoms with Crippen LogP contribution in [0.25, 0.3) is 0 Å². The van der Waals surface area contributed by atoms with Crippen molar-refractivity contribution in [3.8, 4) is 11.5 Å². The summed E-state index contributed by atoms with van der Waals surface area (Å²) in [5, 5.41) is 6.68. The maximum Gasteiger partial charge on any atom is 0.271 e. The SMILES string of the molecule is COc1cc(C=NNC(=O)c2ccc(NC(C)=O)cc2)c(Br)cc1OCc1ccccc1. The molecule has 0 saturated heterocycles. The number of hydrogen-bond acceptors (Lipinski definition) is 5. The van der Waals surface area contributed by atoms with Crippen LogP contribution in [0.2, 0.25) is 0 Å². The van der Waals surface area contributed by atoms with Crippen molar-refractivity contribution in [1.29, 1.82) is 0 Å². The third-order valence-corrected chi connectivity index (χ3v) is 5.04. The summed E-state index contributed by atoms with van der Waals surface area (Å²) in [6, 6.07) is 19.9. The lowest BCUT2D eigenvalue weighted by Gasteiger charge is -2.12. The molecule has 0 aliphatic carbocycles. The molecule has 0 saturated carbocycles. The smallest absolute Gasteiger partial charge is 0.271 e. The summed E-state index contributed by atoms with van der Waals surface area (Å²) in [5.74, 6) is 0.583. The van der Waals surface area contributed by atoms with E-state index in [1.165, 1.54) is 13.1 Å². The maximum atomic E-state index is 12.3. The first-order valence-electron chi connectivity index (χ1n) is 9.71. The zero-order chi connectivity index (χ0) is 22.9. The Morgan fingerprint density at radius 1 is 1.03 bits per heavy atom. The van der Waals surface area contributed by atoms with Crippen LogP contribution in [0.4, 0.5) is 5.69 Å². The molecule has 0 aliphatic rings. The molecule has 2 amide bonds. The Bertz CT molecular complexity index is 1120. The lowest BCUT2D eigenvalue weighted by atomic mass is 10.2. The summed E-state index contributed by atoms with van der Waals surface area (Å²) in [6.07, 6.45) is 1.51. The molecule has 3 rings (SSSR count). The number of rotatable bonds is 8. The molecular weight excluding hydrogens is 474 g/mol. The molecule has 0 aromatic heterocycles. The predicted molar refractivity (Wildman–Crippen MR) is 127 cm³/mol. The quantitative estimate of drug-likeness (QED) is 0.348. The number of amides is 2. The lowest BCUT2D eigenvalue weighted by Crippen LogP contribution is -2.17. The predicted octanol–water partition coefficient (Wildman–Crippen LogP) is 4.76. The molecule has 2 N–H and O–H groups in total. The van der Waals surface area contributed by atoms with E-state index in [4.69, 9.17) is 9.47 Å². The van der Waals surface area contributed by atoms with Crippen LogP contribution in [0, 0.1) is 0 Å². The highest BCUT2D eigenvalue weighted by Gasteiger charge is 2.10. The number of anilines is 1. The normalized spacial score (nSPS) is 10.6. The molecule has 0 unspecified atom stereocenters. The van der Waals surface area contributed by atoms with Gasteiger partial charge in [0, 0.05) is 28.2 Å². The van der Waals surface area contributed by atoms with E-state index in [0.717, 1.165) is 10.0 Å². The maximum absolute atomic E-state index is 12.3. The average molecular weight is 496 g/mol. The highest BCUT2D eigenvalue weighted by atomic mass is 79.9. The van der Waals surface area contributed by atoms with E-state index < -0.39 is 0 Å². The molecule has 7 nitrogen and oxygen atoms in total. The number of hydrazone groups is 1. The van der Waals surface area contributed by atoms with Crippen molar-refractivity contribution in [2.45, 2.75) is 13.5 Å². The van der Waals surface area contributed by atoms with E-state index in [9.17, 15) is 9.59 Å². The molecule has 0 aliphatic heterocycles. The molecule has 0 fully saturated rings. The van der Waals surface area contributed by atoms with Gasteiger partial charge in [-0.3, -0.25) is 9.59 Å². The number of carbonyl (C=O) groups is 2. The minimum absolute atomic E-state index is 0.177. The van der Waals surface area contributed by atoms with Gasteiger partial charge in [-0.25, -0.2) is 5.43 Å². The standard InChI is InChI=1S/C24H22BrN3O4/c1-16(29)27-20-10-8-18(9-11-20)24(30)28-26-14-19-12-22(31-2)23(13-21(19)25)32-15-17-6-4-3-5-7-17/h3-14H,15H2,1-2H3,(H,27,29)(H,28,30). The Kier molecular flexibility index (Phi) is 7.99. The summed E-state index contributed by atoms with van der Waals surface area (Å²) >= 11 is 3.50. The fourth-order valence-electron chi connectivity index (χ4n) is 2.79. The number of benzene rings is 3. The molecule has 0 heterocycles. The third kappa shape index (κ3) is 6.42. The fourth-order valence-corrected chi connectivity index (χ4v) is 3.22. The second-order valence-corrected chi connectivity index (χ2v) is 7.61. The monoisotopic (exact) mass is 495 g/mol. The van der Waals surface area contributed by atoms with E-state index in [1.807, 2.05) is 30.3 Å². The number of methoxy groups -OCH3 is 1.